The topological polar surface area (TPSA) is 0 Å². The van der Waals surface area contributed by atoms with Gasteiger partial charge in [-0.25, -0.2) is 0 Å². The predicted molar refractivity (Wildman–Crippen MR) is 78.9 cm³/mol. The minimum Gasteiger partial charge on any atom is -0.134 e. The second kappa shape index (κ2) is 7.01. The lowest BCUT2D eigenvalue weighted by Gasteiger charge is -2.16. The van der Waals surface area contributed by atoms with Crippen molar-refractivity contribution in [1.82, 2.24) is 0 Å². The lowest BCUT2D eigenvalue weighted by Crippen LogP contribution is -1.98. The Hall–Kier alpha value is -0.430. The highest BCUT2D eigenvalue weighted by atomic mass is 32.2. The summed E-state index contributed by atoms with van der Waals surface area (Å²) in [6.45, 7) is 17.4. The molecule has 0 radical (unpaired) electrons. The monoisotopic (exact) mass is 238 g/mol. The van der Waals surface area contributed by atoms with Gasteiger partial charge in [-0.15, -0.1) is 11.8 Å². The molecule has 0 spiro atoms. The number of thioether (sulfide) groups is 1. The Morgan fingerprint density at radius 1 is 1.06 bits per heavy atom. The molecule has 0 aliphatic heterocycles. The first kappa shape index (κ1) is 15.6. The molecule has 0 aliphatic carbocycles. The van der Waals surface area contributed by atoms with E-state index < -0.39 is 0 Å². The third-order valence-electron chi connectivity index (χ3n) is 3.29. The molecule has 0 amide bonds. The molecule has 0 heterocycles. The third-order valence-corrected chi connectivity index (χ3v) is 4.38. The summed E-state index contributed by atoms with van der Waals surface area (Å²) in [6.07, 6.45) is 3.27. The second-order valence-electron chi connectivity index (χ2n) is 4.54. The lowest BCUT2D eigenvalue weighted by molar-refractivity contribution is 0.778. The fraction of sp³-hybridized carbons (Fsp3) is 0.600. The van der Waals surface area contributed by atoms with Crippen LogP contribution in [0.2, 0.25) is 0 Å². The maximum atomic E-state index is 4.18. The smallest absolute Gasteiger partial charge is 0.0126 e. The van der Waals surface area contributed by atoms with E-state index in [4.69, 9.17) is 0 Å². The number of hydrogen-bond donors (Lipinski definition) is 0. The zero-order valence-corrected chi connectivity index (χ0v) is 12.7. The van der Waals surface area contributed by atoms with Gasteiger partial charge in [0.2, 0.25) is 0 Å². The van der Waals surface area contributed by atoms with Crippen molar-refractivity contribution in [1.29, 1.82) is 0 Å². The molecule has 0 nitrogen and oxygen atoms in total. The van der Waals surface area contributed by atoms with Gasteiger partial charge in [0, 0.05) is 0 Å². The highest BCUT2D eigenvalue weighted by Gasteiger charge is 2.09. The molecule has 0 bridgehead atoms. The van der Waals surface area contributed by atoms with Crippen molar-refractivity contribution in [3.05, 3.63) is 33.8 Å². The first-order valence-electron chi connectivity index (χ1n) is 5.97. The third kappa shape index (κ3) is 3.86. The van der Waals surface area contributed by atoms with E-state index in [2.05, 4.69) is 54.4 Å². The summed E-state index contributed by atoms with van der Waals surface area (Å²) < 4.78 is 0. The van der Waals surface area contributed by atoms with E-state index in [9.17, 15) is 0 Å². The van der Waals surface area contributed by atoms with Crippen molar-refractivity contribution in [3.8, 4) is 0 Å². The highest BCUT2D eigenvalue weighted by molar-refractivity contribution is 8.02. The number of rotatable bonds is 5. The molecule has 92 valence electrons. The van der Waals surface area contributed by atoms with Crippen molar-refractivity contribution in [3.63, 3.8) is 0 Å². The Morgan fingerprint density at radius 3 is 1.88 bits per heavy atom. The Labute approximate surface area is 106 Å². The van der Waals surface area contributed by atoms with Crippen molar-refractivity contribution in [2.24, 2.45) is 5.92 Å². The number of allylic oxidation sites excluding steroid dienone is 5. The van der Waals surface area contributed by atoms with E-state index in [0.717, 1.165) is 6.42 Å². The van der Waals surface area contributed by atoms with Gasteiger partial charge in [0.15, 0.2) is 0 Å². The van der Waals surface area contributed by atoms with Crippen LogP contribution in [-0.2, 0) is 0 Å². The van der Waals surface area contributed by atoms with Crippen LogP contribution in [0, 0.1) is 5.92 Å². The van der Waals surface area contributed by atoms with Crippen LogP contribution >= 0.6 is 11.8 Å². The SMILES string of the molecule is C=C(/C(C)=C(C)\C(C)=C(/CC)SC)C(C)C. The van der Waals surface area contributed by atoms with E-state index in [1.165, 1.54) is 27.2 Å². The molecule has 0 fully saturated rings. The van der Waals surface area contributed by atoms with E-state index in [1.54, 1.807) is 0 Å². The molecule has 0 N–H and O–H groups in total. The molecule has 0 unspecified atom stereocenters. The predicted octanol–water partition coefficient (Wildman–Crippen LogP) is 5.58. The first-order valence-corrected chi connectivity index (χ1v) is 7.19. The van der Waals surface area contributed by atoms with Crippen LogP contribution in [0.25, 0.3) is 0 Å². The van der Waals surface area contributed by atoms with Crippen LogP contribution in [0.4, 0.5) is 0 Å². The molecule has 16 heavy (non-hydrogen) atoms. The summed E-state index contributed by atoms with van der Waals surface area (Å²) in [7, 11) is 0. The Balaban J connectivity index is 5.32. The minimum atomic E-state index is 0.530. The fourth-order valence-corrected chi connectivity index (χ4v) is 2.47. The average molecular weight is 238 g/mol. The van der Waals surface area contributed by atoms with E-state index in [-0.39, 0.29) is 0 Å². The van der Waals surface area contributed by atoms with Gasteiger partial charge in [0.05, 0.1) is 0 Å². The minimum absolute atomic E-state index is 0.530. The molecule has 0 aliphatic rings. The average Bonchev–Trinajstić information content (AvgIpc) is 2.27. The standard InChI is InChI=1S/C15H26S/c1-9-15(16-8)14(7)13(6)12(5)11(4)10(2)3/h10H,4,9H2,1-3,5-8H3/b13-12-,15-14+. The summed E-state index contributed by atoms with van der Waals surface area (Å²) in [5, 5.41) is 0. The molecule has 0 rings (SSSR count). The number of hydrogen-bond acceptors (Lipinski definition) is 1. The Bertz CT molecular complexity index is 310. The summed E-state index contributed by atoms with van der Waals surface area (Å²) in [5.41, 5.74) is 5.43. The summed E-state index contributed by atoms with van der Waals surface area (Å²) in [6, 6.07) is 0. The van der Waals surface area contributed by atoms with Crippen molar-refractivity contribution in [2.75, 3.05) is 6.26 Å². The lowest BCUT2D eigenvalue weighted by atomic mass is 9.92. The van der Waals surface area contributed by atoms with Crippen LogP contribution in [0.3, 0.4) is 0 Å². The van der Waals surface area contributed by atoms with Gasteiger partial charge in [-0.1, -0.05) is 27.4 Å². The zero-order valence-electron chi connectivity index (χ0n) is 11.9. The Kier molecular flexibility index (Phi) is 6.82. The molecule has 0 aromatic carbocycles. The van der Waals surface area contributed by atoms with Gasteiger partial charge in [-0.3, -0.25) is 0 Å². The van der Waals surface area contributed by atoms with Gasteiger partial charge in [-0.2, -0.15) is 0 Å². The molecular formula is C15H26S. The zero-order chi connectivity index (χ0) is 12.9. The maximum absolute atomic E-state index is 4.18. The molecular weight excluding hydrogens is 212 g/mol. The normalized spacial score (nSPS) is 14.8. The quantitative estimate of drug-likeness (QED) is 0.563. The van der Waals surface area contributed by atoms with Gasteiger partial charge >= 0.3 is 0 Å². The van der Waals surface area contributed by atoms with Crippen LogP contribution in [0.15, 0.2) is 33.8 Å². The van der Waals surface area contributed by atoms with Crippen molar-refractivity contribution < 1.29 is 0 Å². The summed E-state index contributed by atoms with van der Waals surface area (Å²) in [5.74, 6) is 0.530. The van der Waals surface area contributed by atoms with Crippen molar-refractivity contribution >= 4 is 11.8 Å². The largest absolute Gasteiger partial charge is 0.134 e. The second-order valence-corrected chi connectivity index (χ2v) is 5.44. The van der Waals surface area contributed by atoms with Gasteiger partial charge < -0.3 is 0 Å². The van der Waals surface area contributed by atoms with Gasteiger partial charge in [-0.05, 0) is 66.6 Å². The van der Waals surface area contributed by atoms with Gasteiger partial charge in [0.1, 0.15) is 0 Å². The van der Waals surface area contributed by atoms with Crippen LogP contribution < -0.4 is 0 Å². The van der Waals surface area contributed by atoms with E-state index in [1.807, 2.05) is 11.8 Å². The highest BCUT2D eigenvalue weighted by Crippen LogP contribution is 2.29. The molecule has 0 atom stereocenters. The molecule has 1 heteroatoms. The Morgan fingerprint density at radius 2 is 1.56 bits per heavy atom. The summed E-state index contributed by atoms with van der Waals surface area (Å²) >= 11 is 1.86. The maximum Gasteiger partial charge on any atom is -0.0126 e. The van der Waals surface area contributed by atoms with E-state index in [0.29, 0.717) is 5.92 Å². The van der Waals surface area contributed by atoms with Crippen LogP contribution in [0.1, 0.15) is 48.0 Å². The van der Waals surface area contributed by atoms with Crippen LogP contribution in [0.5, 0.6) is 0 Å². The first-order chi connectivity index (χ1) is 7.36. The molecule has 0 saturated heterocycles. The van der Waals surface area contributed by atoms with E-state index >= 15 is 0 Å². The fourth-order valence-electron chi connectivity index (χ4n) is 1.73. The van der Waals surface area contributed by atoms with Gasteiger partial charge in [0.25, 0.3) is 0 Å². The van der Waals surface area contributed by atoms with Crippen LogP contribution in [-0.4, -0.2) is 6.26 Å². The summed E-state index contributed by atoms with van der Waals surface area (Å²) in [4.78, 5) is 1.48. The molecule has 0 aromatic heterocycles. The van der Waals surface area contributed by atoms with Crippen molar-refractivity contribution in [2.45, 2.75) is 48.0 Å². The molecule has 0 saturated carbocycles. The molecule has 0 aromatic rings.